The van der Waals surface area contributed by atoms with E-state index in [1.807, 2.05) is 0 Å². The maximum atomic E-state index is 11.8. The van der Waals surface area contributed by atoms with Gasteiger partial charge in [-0.3, -0.25) is 4.39 Å². The second-order valence-corrected chi connectivity index (χ2v) is 2.70. The Balaban J connectivity index is 0. The SMILES string of the molecule is [CH2-]C1CCC(CF)C1.[CH3-].[Y]. The second kappa shape index (κ2) is 6.73. The molecule has 0 N–H and O–H groups in total. The molecule has 2 atom stereocenters. The van der Waals surface area contributed by atoms with E-state index in [1.165, 1.54) is 0 Å². The van der Waals surface area contributed by atoms with Crippen LogP contribution in [0, 0.1) is 26.2 Å². The van der Waals surface area contributed by atoms with Crippen LogP contribution in [-0.2, 0) is 32.7 Å². The fourth-order valence-electron chi connectivity index (χ4n) is 1.32. The van der Waals surface area contributed by atoms with Gasteiger partial charge in [-0.2, -0.15) is 5.92 Å². The van der Waals surface area contributed by atoms with E-state index >= 15 is 0 Å². The number of halogens is 1. The van der Waals surface area contributed by atoms with Gasteiger partial charge in [0.2, 0.25) is 0 Å². The van der Waals surface area contributed by atoms with E-state index in [2.05, 4.69) is 6.92 Å². The molecule has 0 spiro atoms. The molecule has 1 aliphatic rings. The van der Waals surface area contributed by atoms with Crippen LogP contribution < -0.4 is 0 Å². The summed E-state index contributed by atoms with van der Waals surface area (Å²) in [5, 5.41) is 0. The Morgan fingerprint density at radius 3 is 2.20 bits per heavy atom. The maximum Gasteiger partial charge on any atom is 0.0921 e. The molecule has 0 heterocycles. The van der Waals surface area contributed by atoms with Gasteiger partial charge in [-0.15, -0.1) is 0 Å². The van der Waals surface area contributed by atoms with Crippen LogP contribution in [0.15, 0.2) is 0 Å². The van der Waals surface area contributed by atoms with Crippen molar-refractivity contribution in [3.63, 3.8) is 0 Å². The molecule has 0 aromatic heterocycles. The Morgan fingerprint density at radius 1 is 1.40 bits per heavy atom. The quantitative estimate of drug-likeness (QED) is 0.595. The van der Waals surface area contributed by atoms with Crippen molar-refractivity contribution in [1.29, 1.82) is 0 Å². The summed E-state index contributed by atoms with van der Waals surface area (Å²) in [7, 11) is 0. The van der Waals surface area contributed by atoms with Gasteiger partial charge in [0.05, 0.1) is 6.67 Å². The van der Waals surface area contributed by atoms with Crippen LogP contribution in [0.1, 0.15) is 19.3 Å². The minimum absolute atomic E-state index is 0. The molecule has 1 rings (SSSR count). The van der Waals surface area contributed by atoms with E-state index in [9.17, 15) is 4.39 Å². The van der Waals surface area contributed by atoms with Gasteiger partial charge in [0.15, 0.2) is 0 Å². The van der Waals surface area contributed by atoms with Gasteiger partial charge in [-0.05, 0) is 5.92 Å². The first-order valence-corrected chi connectivity index (χ1v) is 3.22. The van der Waals surface area contributed by atoms with Crippen LogP contribution in [0.2, 0.25) is 0 Å². The molecule has 59 valence electrons. The summed E-state index contributed by atoms with van der Waals surface area (Å²) < 4.78 is 11.8. The molecule has 0 aromatic carbocycles. The summed E-state index contributed by atoms with van der Waals surface area (Å²) in [6.45, 7) is 3.74. The average Bonchev–Trinajstić information content (AvgIpc) is 2.14. The third-order valence-electron chi connectivity index (χ3n) is 1.87. The molecule has 0 aliphatic heterocycles. The fraction of sp³-hybridized carbons (Fsp3) is 0.750. The minimum atomic E-state index is -0.133. The molecular weight excluding hydrogens is 204 g/mol. The molecule has 0 bridgehead atoms. The summed E-state index contributed by atoms with van der Waals surface area (Å²) >= 11 is 0. The van der Waals surface area contributed by atoms with E-state index in [-0.39, 0.29) is 46.8 Å². The van der Waals surface area contributed by atoms with Crippen LogP contribution in [0.25, 0.3) is 0 Å². The Bertz CT molecular complexity index is 75.7. The minimum Gasteiger partial charge on any atom is -0.358 e. The molecule has 0 amide bonds. The van der Waals surface area contributed by atoms with Crippen LogP contribution in [0.5, 0.6) is 0 Å². The number of rotatable bonds is 1. The largest absolute Gasteiger partial charge is 0.358 e. The molecule has 1 saturated carbocycles. The Kier molecular flexibility index (Phi) is 9.16. The topological polar surface area (TPSA) is 0 Å². The van der Waals surface area contributed by atoms with E-state index in [1.54, 1.807) is 0 Å². The van der Waals surface area contributed by atoms with Crippen molar-refractivity contribution in [2.75, 3.05) is 6.67 Å². The maximum absolute atomic E-state index is 11.8. The van der Waals surface area contributed by atoms with Crippen molar-refractivity contribution in [3.05, 3.63) is 14.4 Å². The molecular formula is C8H15FY-2. The van der Waals surface area contributed by atoms with Gasteiger partial charge >= 0.3 is 0 Å². The normalized spacial score (nSPS) is 30.6. The molecule has 0 saturated heterocycles. The van der Waals surface area contributed by atoms with E-state index in [0.29, 0.717) is 11.8 Å². The fourth-order valence-corrected chi connectivity index (χ4v) is 1.32. The summed E-state index contributed by atoms with van der Waals surface area (Å²) in [5.41, 5.74) is 0. The first-order chi connectivity index (χ1) is 3.83. The molecule has 0 nitrogen and oxygen atoms in total. The van der Waals surface area contributed by atoms with Crippen molar-refractivity contribution in [1.82, 2.24) is 0 Å². The molecule has 1 aliphatic carbocycles. The first-order valence-electron chi connectivity index (χ1n) is 3.22. The van der Waals surface area contributed by atoms with Crippen LogP contribution in [0.3, 0.4) is 0 Å². The Labute approximate surface area is 88.8 Å². The van der Waals surface area contributed by atoms with Gasteiger partial charge in [0, 0.05) is 32.7 Å². The second-order valence-electron chi connectivity index (χ2n) is 2.70. The van der Waals surface area contributed by atoms with Crippen LogP contribution in [0.4, 0.5) is 4.39 Å². The monoisotopic (exact) mass is 219 g/mol. The van der Waals surface area contributed by atoms with Crippen molar-refractivity contribution >= 4 is 0 Å². The van der Waals surface area contributed by atoms with Gasteiger partial charge < -0.3 is 14.4 Å². The van der Waals surface area contributed by atoms with Gasteiger partial charge in [0.25, 0.3) is 0 Å². The van der Waals surface area contributed by atoms with Gasteiger partial charge in [0.1, 0.15) is 0 Å². The van der Waals surface area contributed by atoms with E-state index < -0.39 is 0 Å². The van der Waals surface area contributed by atoms with E-state index in [0.717, 1.165) is 19.3 Å². The summed E-state index contributed by atoms with van der Waals surface area (Å²) in [4.78, 5) is 0. The third-order valence-corrected chi connectivity index (χ3v) is 1.87. The first kappa shape index (κ1) is 13.6. The summed E-state index contributed by atoms with van der Waals surface area (Å²) in [6.07, 6.45) is 3.20. The standard InChI is InChI=1S/C7H12F.CH3.Y/c1-6-2-3-7(4-6)5-8;;/h6-7H,1-5H2;1H3;/q2*-1;. The van der Waals surface area contributed by atoms with Crippen molar-refractivity contribution in [2.24, 2.45) is 11.8 Å². The van der Waals surface area contributed by atoms with E-state index in [4.69, 9.17) is 0 Å². The third kappa shape index (κ3) is 4.03. The Morgan fingerprint density at radius 2 is 2.00 bits per heavy atom. The summed E-state index contributed by atoms with van der Waals surface area (Å²) in [5.74, 6) is 0.883. The zero-order valence-corrected chi connectivity index (χ0v) is 9.48. The van der Waals surface area contributed by atoms with Gasteiger partial charge in [-0.25, -0.2) is 0 Å². The Hall–Kier alpha value is 1.03. The van der Waals surface area contributed by atoms with Crippen LogP contribution >= 0.6 is 0 Å². The summed E-state index contributed by atoms with van der Waals surface area (Å²) in [6, 6.07) is 0. The molecule has 1 radical (unpaired) electrons. The predicted molar refractivity (Wildman–Crippen MR) is 38.6 cm³/mol. The van der Waals surface area contributed by atoms with Crippen LogP contribution in [-0.4, -0.2) is 6.67 Å². The predicted octanol–water partition coefficient (Wildman–Crippen LogP) is 2.65. The van der Waals surface area contributed by atoms with Gasteiger partial charge in [-0.1, -0.05) is 19.3 Å². The molecule has 2 unspecified atom stereocenters. The zero-order valence-electron chi connectivity index (χ0n) is 6.65. The number of hydrogen-bond acceptors (Lipinski definition) is 0. The number of hydrogen-bond donors (Lipinski definition) is 0. The van der Waals surface area contributed by atoms with Crippen molar-refractivity contribution in [3.8, 4) is 0 Å². The molecule has 10 heavy (non-hydrogen) atoms. The average molecular weight is 219 g/mol. The smallest absolute Gasteiger partial charge is 0.0921 e. The van der Waals surface area contributed by atoms with Crippen molar-refractivity contribution in [2.45, 2.75) is 19.3 Å². The molecule has 1 fully saturated rings. The zero-order chi connectivity index (χ0) is 5.98. The number of alkyl halides is 1. The molecule has 0 aromatic rings. The molecule has 2 heteroatoms. The van der Waals surface area contributed by atoms with Crippen molar-refractivity contribution < 1.29 is 37.1 Å².